The van der Waals surface area contributed by atoms with Crippen molar-refractivity contribution in [1.82, 2.24) is 25.1 Å². The van der Waals surface area contributed by atoms with Gasteiger partial charge in [0.1, 0.15) is 0 Å². The van der Waals surface area contributed by atoms with E-state index in [2.05, 4.69) is 15.5 Å². The monoisotopic (exact) mass is 260 g/mol. The molecule has 0 aromatic carbocycles. The van der Waals surface area contributed by atoms with Crippen LogP contribution < -0.4 is 4.31 Å². The summed E-state index contributed by atoms with van der Waals surface area (Å²) in [5, 5.41) is 20.0. The van der Waals surface area contributed by atoms with Gasteiger partial charge in [0.15, 0.2) is 0 Å². The van der Waals surface area contributed by atoms with E-state index in [1.807, 2.05) is 19.0 Å². The average Bonchev–Trinajstić information content (AvgIpc) is 2.66. The van der Waals surface area contributed by atoms with Crippen LogP contribution in [-0.2, 0) is 6.54 Å². The molecule has 1 heterocycles. The first-order valence-corrected chi connectivity index (χ1v) is 6.22. The van der Waals surface area contributed by atoms with E-state index < -0.39 is 6.09 Å². The second kappa shape index (κ2) is 6.40. The molecule has 1 rings (SSSR count). The first-order valence-electron chi connectivity index (χ1n) is 5.04. The van der Waals surface area contributed by atoms with Crippen molar-refractivity contribution in [3.8, 4) is 0 Å². The lowest BCUT2D eigenvalue weighted by atomic mass is 10.4. The van der Waals surface area contributed by atoms with Crippen LogP contribution in [0.3, 0.4) is 0 Å². The molecule has 1 N–H and O–H groups in total. The fourth-order valence-corrected chi connectivity index (χ4v) is 1.72. The summed E-state index contributed by atoms with van der Waals surface area (Å²) < 4.78 is 2.53. The second-order valence-corrected chi connectivity index (χ2v) is 4.35. The van der Waals surface area contributed by atoms with Crippen molar-refractivity contribution in [2.24, 2.45) is 0 Å². The molecule has 1 aromatic heterocycles. The van der Waals surface area contributed by atoms with Crippen LogP contribution >= 0.6 is 11.9 Å². The number of amides is 1. The van der Waals surface area contributed by atoms with Gasteiger partial charge in [0.2, 0.25) is 0 Å². The lowest BCUT2D eigenvalue weighted by Crippen LogP contribution is -2.25. The lowest BCUT2D eigenvalue weighted by molar-refractivity contribution is 0.206. The van der Waals surface area contributed by atoms with E-state index in [4.69, 9.17) is 5.11 Å². The summed E-state index contributed by atoms with van der Waals surface area (Å²) in [7, 11) is 3.96. The number of carboxylic acid groups (broad SMARTS) is 1. The Morgan fingerprint density at radius 2 is 2.24 bits per heavy atom. The van der Waals surface area contributed by atoms with Gasteiger partial charge in [-0.1, -0.05) is 5.10 Å². The minimum Gasteiger partial charge on any atom is -0.464 e. The summed E-state index contributed by atoms with van der Waals surface area (Å²) in [5.41, 5.74) is 0. The highest BCUT2D eigenvalue weighted by molar-refractivity contribution is 8.00. The molecule has 0 spiro atoms. The SMILES string of the molecule is CSN(C(=O)O)c1nnnn1CCCN(C)C. The molecule has 0 saturated heterocycles. The third-order valence-electron chi connectivity index (χ3n) is 2.03. The quantitative estimate of drug-likeness (QED) is 0.740. The smallest absolute Gasteiger partial charge is 0.424 e. The number of hydrogen-bond donors (Lipinski definition) is 1. The van der Waals surface area contributed by atoms with Crippen LogP contribution in [0, 0.1) is 0 Å². The Bertz CT molecular complexity index is 369. The molecular formula is C8H16N6O2S. The van der Waals surface area contributed by atoms with Crippen molar-refractivity contribution < 1.29 is 9.90 Å². The van der Waals surface area contributed by atoms with Gasteiger partial charge in [0.05, 0.1) is 0 Å². The van der Waals surface area contributed by atoms with Crippen molar-refractivity contribution >= 4 is 24.0 Å². The van der Waals surface area contributed by atoms with E-state index in [9.17, 15) is 4.79 Å². The zero-order chi connectivity index (χ0) is 12.8. The van der Waals surface area contributed by atoms with Gasteiger partial charge < -0.3 is 10.0 Å². The largest absolute Gasteiger partial charge is 0.464 e. The van der Waals surface area contributed by atoms with Gasteiger partial charge in [-0.3, -0.25) is 0 Å². The van der Waals surface area contributed by atoms with Crippen LogP contribution in [0.1, 0.15) is 6.42 Å². The van der Waals surface area contributed by atoms with E-state index in [-0.39, 0.29) is 5.95 Å². The fourth-order valence-electron chi connectivity index (χ4n) is 1.27. The number of aryl methyl sites for hydroxylation is 1. The highest BCUT2D eigenvalue weighted by atomic mass is 32.2. The second-order valence-electron chi connectivity index (χ2n) is 3.62. The highest BCUT2D eigenvalue weighted by Crippen LogP contribution is 2.16. The summed E-state index contributed by atoms with van der Waals surface area (Å²) in [6.07, 6.45) is 1.43. The first kappa shape index (κ1) is 13.7. The molecule has 0 aliphatic rings. The number of hydrogen-bond acceptors (Lipinski definition) is 6. The Balaban J connectivity index is 2.68. The van der Waals surface area contributed by atoms with Gasteiger partial charge in [0.25, 0.3) is 5.95 Å². The van der Waals surface area contributed by atoms with Crippen molar-refractivity contribution in [3.63, 3.8) is 0 Å². The maximum atomic E-state index is 11.0. The van der Waals surface area contributed by atoms with Crippen LogP contribution in [0.4, 0.5) is 10.7 Å². The van der Waals surface area contributed by atoms with Crippen LogP contribution in [-0.4, -0.2) is 63.2 Å². The van der Waals surface area contributed by atoms with Gasteiger partial charge >= 0.3 is 6.09 Å². The zero-order valence-electron chi connectivity index (χ0n) is 10.1. The van der Waals surface area contributed by atoms with E-state index in [1.165, 1.54) is 4.68 Å². The predicted molar refractivity (Wildman–Crippen MR) is 65.0 cm³/mol. The average molecular weight is 260 g/mol. The third kappa shape index (κ3) is 3.86. The molecule has 0 bridgehead atoms. The Morgan fingerprint density at radius 3 is 2.76 bits per heavy atom. The summed E-state index contributed by atoms with van der Waals surface area (Å²) in [6, 6.07) is 0. The topological polar surface area (TPSA) is 87.4 Å². The molecule has 0 fully saturated rings. The van der Waals surface area contributed by atoms with Crippen molar-refractivity contribution in [1.29, 1.82) is 0 Å². The maximum Gasteiger partial charge on any atom is 0.424 e. The Hall–Kier alpha value is -1.35. The molecular weight excluding hydrogens is 244 g/mol. The standard InChI is InChI=1S/C8H16N6O2S/c1-12(2)5-4-6-13-7(9-10-11-13)14(17-3)8(15)16/h4-6H2,1-3H3,(H,15,16). The van der Waals surface area contributed by atoms with Gasteiger partial charge in [-0.2, -0.15) is 4.31 Å². The number of rotatable bonds is 6. The molecule has 17 heavy (non-hydrogen) atoms. The molecule has 0 aliphatic heterocycles. The number of tetrazole rings is 1. The van der Waals surface area contributed by atoms with E-state index in [0.717, 1.165) is 29.2 Å². The fraction of sp³-hybridized carbons (Fsp3) is 0.750. The van der Waals surface area contributed by atoms with Crippen LogP contribution in [0.25, 0.3) is 0 Å². The number of anilines is 1. The molecule has 0 unspecified atom stereocenters. The van der Waals surface area contributed by atoms with Crippen molar-refractivity contribution in [2.45, 2.75) is 13.0 Å². The molecule has 8 nitrogen and oxygen atoms in total. The summed E-state index contributed by atoms with van der Waals surface area (Å²) >= 11 is 1.05. The van der Waals surface area contributed by atoms with Crippen LogP contribution in [0.5, 0.6) is 0 Å². The highest BCUT2D eigenvalue weighted by Gasteiger charge is 2.20. The minimum atomic E-state index is -1.08. The first-order chi connectivity index (χ1) is 8.06. The van der Waals surface area contributed by atoms with Gasteiger partial charge in [-0.25, -0.2) is 9.48 Å². The maximum absolute atomic E-state index is 11.0. The number of nitrogens with zero attached hydrogens (tertiary/aromatic N) is 6. The van der Waals surface area contributed by atoms with Crippen molar-refractivity contribution in [2.75, 3.05) is 31.2 Å². The Morgan fingerprint density at radius 1 is 1.53 bits per heavy atom. The van der Waals surface area contributed by atoms with Gasteiger partial charge in [-0.05, 0) is 49.4 Å². The molecule has 1 aromatic rings. The van der Waals surface area contributed by atoms with Crippen LogP contribution in [0.15, 0.2) is 0 Å². The predicted octanol–water partition coefficient (Wildman–Crippen LogP) is 0.387. The lowest BCUT2D eigenvalue weighted by Gasteiger charge is -2.14. The molecule has 96 valence electrons. The Kier molecular flexibility index (Phi) is 5.16. The molecule has 0 atom stereocenters. The van der Waals surface area contributed by atoms with Crippen molar-refractivity contribution in [3.05, 3.63) is 0 Å². The Labute approximate surface area is 104 Å². The van der Waals surface area contributed by atoms with E-state index in [0.29, 0.717) is 6.54 Å². The minimum absolute atomic E-state index is 0.240. The van der Waals surface area contributed by atoms with Gasteiger partial charge in [-0.15, -0.1) is 0 Å². The number of carbonyl (C=O) groups is 1. The van der Waals surface area contributed by atoms with Crippen LogP contribution in [0.2, 0.25) is 0 Å². The molecule has 0 radical (unpaired) electrons. The summed E-state index contributed by atoms with van der Waals surface area (Å²) in [4.78, 5) is 13.0. The number of aromatic nitrogens is 4. The summed E-state index contributed by atoms with van der Waals surface area (Å²) in [6.45, 7) is 1.48. The summed E-state index contributed by atoms with van der Waals surface area (Å²) in [5.74, 6) is 0.240. The van der Waals surface area contributed by atoms with E-state index >= 15 is 0 Å². The van der Waals surface area contributed by atoms with Gasteiger partial charge in [0, 0.05) is 12.8 Å². The third-order valence-corrected chi connectivity index (χ3v) is 2.71. The molecule has 9 heteroatoms. The van der Waals surface area contributed by atoms with E-state index in [1.54, 1.807) is 6.26 Å². The normalized spacial score (nSPS) is 10.8. The molecule has 0 saturated carbocycles. The zero-order valence-corrected chi connectivity index (χ0v) is 10.9. The molecule has 0 aliphatic carbocycles. The molecule has 1 amide bonds.